The van der Waals surface area contributed by atoms with Crippen molar-refractivity contribution in [3.8, 4) is 0 Å². The maximum absolute atomic E-state index is 10.3. The standard InChI is InChI=1S/C6H7NO4/c7-4-1-2-6(10,5(8)9)11-3-4/h1-3,10H,7H2,(H,8,9). The number of aliphatic hydroxyl groups is 1. The van der Waals surface area contributed by atoms with Crippen LogP contribution in [0.4, 0.5) is 0 Å². The van der Waals surface area contributed by atoms with Gasteiger partial charge in [-0.1, -0.05) is 0 Å². The summed E-state index contributed by atoms with van der Waals surface area (Å²) in [4.78, 5) is 10.3. The zero-order chi connectivity index (χ0) is 8.48. The third-order valence-corrected chi connectivity index (χ3v) is 1.18. The van der Waals surface area contributed by atoms with Crippen LogP contribution in [-0.4, -0.2) is 22.0 Å². The molecular formula is C6H7NO4. The minimum Gasteiger partial charge on any atom is -0.476 e. The van der Waals surface area contributed by atoms with E-state index in [1.165, 1.54) is 6.08 Å². The second-order valence-electron chi connectivity index (χ2n) is 2.07. The van der Waals surface area contributed by atoms with Gasteiger partial charge in [0.05, 0.1) is 5.70 Å². The van der Waals surface area contributed by atoms with Gasteiger partial charge in [-0.2, -0.15) is 0 Å². The van der Waals surface area contributed by atoms with Crippen LogP contribution in [0.5, 0.6) is 0 Å². The summed E-state index contributed by atoms with van der Waals surface area (Å²) in [5.41, 5.74) is 5.46. The van der Waals surface area contributed by atoms with Gasteiger partial charge in [0, 0.05) is 6.08 Å². The minimum atomic E-state index is -2.26. The number of hydrogen-bond acceptors (Lipinski definition) is 4. The van der Waals surface area contributed by atoms with Gasteiger partial charge in [-0.3, -0.25) is 0 Å². The van der Waals surface area contributed by atoms with Crippen LogP contribution in [0, 0.1) is 0 Å². The molecule has 0 saturated heterocycles. The molecule has 0 fully saturated rings. The molecule has 0 aromatic carbocycles. The Balaban J connectivity index is 2.82. The fourth-order valence-electron chi connectivity index (χ4n) is 0.567. The molecule has 1 aliphatic heterocycles. The Kier molecular flexibility index (Phi) is 1.58. The quantitative estimate of drug-likeness (QED) is 0.460. The van der Waals surface area contributed by atoms with Crippen LogP contribution in [0.2, 0.25) is 0 Å². The predicted octanol–water partition coefficient (Wildman–Crippen LogP) is -0.854. The van der Waals surface area contributed by atoms with Crippen molar-refractivity contribution in [1.29, 1.82) is 0 Å². The summed E-state index contributed by atoms with van der Waals surface area (Å²) in [6, 6.07) is 0. The Morgan fingerprint density at radius 1 is 1.73 bits per heavy atom. The lowest BCUT2D eigenvalue weighted by atomic mass is 10.2. The Bertz CT molecular complexity index is 245. The van der Waals surface area contributed by atoms with Gasteiger partial charge < -0.3 is 20.7 Å². The van der Waals surface area contributed by atoms with Crippen molar-refractivity contribution in [2.24, 2.45) is 5.73 Å². The SMILES string of the molecule is NC1=COC(O)(C(=O)O)C=C1. The van der Waals surface area contributed by atoms with Gasteiger partial charge in [0.2, 0.25) is 0 Å². The molecule has 1 rings (SSSR count). The van der Waals surface area contributed by atoms with Gasteiger partial charge in [0.1, 0.15) is 6.26 Å². The molecule has 4 N–H and O–H groups in total. The van der Waals surface area contributed by atoms with E-state index in [1.54, 1.807) is 0 Å². The second-order valence-corrected chi connectivity index (χ2v) is 2.07. The number of carboxylic acid groups (broad SMARTS) is 1. The summed E-state index contributed by atoms with van der Waals surface area (Å²) in [5, 5.41) is 17.4. The summed E-state index contributed by atoms with van der Waals surface area (Å²) in [5.74, 6) is -3.74. The Morgan fingerprint density at radius 2 is 2.36 bits per heavy atom. The van der Waals surface area contributed by atoms with Gasteiger partial charge in [0.15, 0.2) is 0 Å². The predicted molar refractivity (Wildman–Crippen MR) is 35.1 cm³/mol. The highest BCUT2D eigenvalue weighted by Gasteiger charge is 2.36. The summed E-state index contributed by atoms with van der Waals surface area (Å²) >= 11 is 0. The van der Waals surface area contributed by atoms with Crippen LogP contribution in [0.3, 0.4) is 0 Å². The van der Waals surface area contributed by atoms with Crippen LogP contribution < -0.4 is 5.73 Å². The molecule has 0 radical (unpaired) electrons. The molecule has 5 heteroatoms. The first-order valence-corrected chi connectivity index (χ1v) is 2.83. The first-order valence-electron chi connectivity index (χ1n) is 2.83. The average molecular weight is 157 g/mol. The minimum absolute atomic E-state index is 0.260. The summed E-state index contributed by atoms with van der Waals surface area (Å²) in [7, 11) is 0. The number of nitrogens with two attached hydrogens (primary N) is 1. The topological polar surface area (TPSA) is 92.8 Å². The van der Waals surface area contributed by atoms with E-state index < -0.39 is 11.8 Å². The highest BCUT2D eigenvalue weighted by atomic mass is 16.6. The maximum Gasteiger partial charge on any atom is 0.381 e. The highest BCUT2D eigenvalue weighted by molar-refractivity contribution is 5.78. The van der Waals surface area contributed by atoms with Crippen LogP contribution in [-0.2, 0) is 9.53 Å². The van der Waals surface area contributed by atoms with Crippen molar-refractivity contribution in [3.63, 3.8) is 0 Å². The smallest absolute Gasteiger partial charge is 0.381 e. The molecule has 60 valence electrons. The number of ether oxygens (including phenoxy) is 1. The number of rotatable bonds is 1. The first kappa shape index (κ1) is 7.62. The molecule has 0 aromatic heterocycles. The van der Waals surface area contributed by atoms with Crippen LogP contribution in [0.1, 0.15) is 0 Å². The zero-order valence-corrected chi connectivity index (χ0v) is 5.52. The molecule has 0 saturated carbocycles. The van der Waals surface area contributed by atoms with Crippen molar-refractivity contribution in [2.45, 2.75) is 5.79 Å². The molecule has 1 atom stereocenters. The van der Waals surface area contributed by atoms with Crippen LogP contribution in [0.25, 0.3) is 0 Å². The van der Waals surface area contributed by atoms with E-state index in [0.29, 0.717) is 0 Å². The third kappa shape index (κ3) is 1.32. The maximum atomic E-state index is 10.3. The lowest BCUT2D eigenvalue weighted by Gasteiger charge is -2.21. The summed E-state index contributed by atoms with van der Waals surface area (Å²) < 4.78 is 4.42. The number of carbonyl (C=O) groups is 1. The molecule has 1 unspecified atom stereocenters. The van der Waals surface area contributed by atoms with Gasteiger partial charge in [0.25, 0.3) is 0 Å². The van der Waals surface area contributed by atoms with E-state index in [1.807, 2.05) is 0 Å². The number of allylic oxidation sites excluding steroid dienone is 1. The largest absolute Gasteiger partial charge is 0.476 e. The highest BCUT2D eigenvalue weighted by Crippen LogP contribution is 2.15. The molecule has 5 nitrogen and oxygen atoms in total. The van der Waals surface area contributed by atoms with Crippen molar-refractivity contribution < 1.29 is 19.7 Å². The van der Waals surface area contributed by atoms with Gasteiger partial charge in [-0.05, 0) is 6.08 Å². The van der Waals surface area contributed by atoms with E-state index in [-0.39, 0.29) is 5.70 Å². The molecule has 11 heavy (non-hydrogen) atoms. The molecule has 1 heterocycles. The molecule has 0 spiro atoms. The van der Waals surface area contributed by atoms with Crippen molar-refractivity contribution in [1.82, 2.24) is 0 Å². The van der Waals surface area contributed by atoms with Crippen molar-refractivity contribution >= 4 is 5.97 Å². The average Bonchev–Trinajstić information content (AvgIpc) is 1.95. The molecular weight excluding hydrogens is 150 g/mol. The summed E-state index contributed by atoms with van der Waals surface area (Å²) in [6.07, 6.45) is 3.20. The van der Waals surface area contributed by atoms with Gasteiger partial charge >= 0.3 is 11.8 Å². The van der Waals surface area contributed by atoms with E-state index >= 15 is 0 Å². The fourth-order valence-corrected chi connectivity index (χ4v) is 0.567. The van der Waals surface area contributed by atoms with E-state index in [4.69, 9.17) is 15.9 Å². The lowest BCUT2D eigenvalue weighted by Crippen LogP contribution is -2.39. The summed E-state index contributed by atoms with van der Waals surface area (Å²) in [6.45, 7) is 0. The molecule has 1 aliphatic rings. The number of carboxylic acids is 1. The monoisotopic (exact) mass is 157 g/mol. The number of hydrogen-bond donors (Lipinski definition) is 3. The first-order chi connectivity index (χ1) is 5.04. The van der Waals surface area contributed by atoms with Gasteiger partial charge in [-0.25, -0.2) is 4.79 Å². The van der Waals surface area contributed by atoms with Crippen molar-refractivity contribution in [2.75, 3.05) is 0 Å². The van der Waals surface area contributed by atoms with E-state index in [9.17, 15) is 4.79 Å². The normalized spacial score (nSPS) is 29.0. The number of aliphatic carboxylic acids is 1. The zero-order valence-electron chi connectivity index (χ0n) is 5.52. The Hall–Kier alpha value is -1.49. The third-order valence-electron chi connectivity index (χ3n) is 1.18. The molecule has 0 aliphatic carbocycles. The van der Waals surface area contributed by atoms with E-state index in [2.05, 4.69) is 4.74 Å². The van der Waals surface area contributed by atoms with Gasteiger partial charge in [-0.15, -0.1) is 0 Å². The van der Waals surface area contributed by atoms with Crippen LogP contribution >= 0.6 is 0 Å². The molecule has 0 aromatic rings. The van der Waals surface area contributed by atoms with Crippen molar-refractivity contribution in [3.05, 3.63) is 24.1 Å². The Labute approximate surface area is 62.4 Å². The fraction of sp³-hybridized carbons (Fsp3) is 0.167. The van der Waals surface area contributed by atoms with E-state index in [0.717, 1.165) is 12.3 Å². The molecule has 0 bridgehead atoms. The molecule has 0 amide bonds. The van der Waals surface area contributed by atoms with Crippen LogP contribution in [0.15, 0.2) is 24.1 Å². The second kappa shape index (κ2) is 2.28. The lowest BCUT2D eigenvalue weighted by molar-refractivity contribution is -0.189. The Morgan fingerprint density at radius 3 is 2.73 bits per heavy atom.